The van der Waals surface area contributed by atoms with Gasteiger partial charge in [-0.15, -0.1) is 0 Å². The number of fused-ring (bicyclic) bond motifs is 1. The quantitative estimate of drug-likeness (QED) is 0.291. The summed E-state index contributed by atoms with van der Waals surface area (Å²) in [7, 11) is 0. The largest absolute Gasteiger partial charge is 0.378 e. The first kappa shape index (κ1) is 27.7. The molecule has 4 aliphatic rings. The monoisotopic (exact) mass is 536 g/mol. The van der Waals surface area contributed by atoms with Crippen molar-refractivity contribution in [1.82, 2.24) is 25.1 Å². The van der Waals surface area contributed by atoms with Crippen molar-refractivity contribution >= 4 is 5.91 Å². The number of aromatic nitrogens is 1. The number of hydrogen-bond acceptors (Lipinski definition) is 7. The van der Waals surface area contributed by atoms with Crippen LogP contribution in [0.3, 0.4) is 0 Å². The Hall–Kier alpha value is -2.88. The van der Waals surface area contributed by atoms with Crippen molar-refractivity contribution in [2.75, 3.05) is 32.8 Å². The normalized spacial score (nSPS) is 25.8. The lowest BCUT2D eigenvalue weighted by Gasteiger charge is -2.39. The first-order valence-corrected chi connectivity index (χ1v) is 14.4. The van der Waals surface area contributed by atoms with Crippen molar-refractivity contribution in [1.29, 1.82) is 0 Å². The summed E-state index contributed by atoms with van der Waals surface area (Å²) >= 11 is 0. The van der Waals surface area contributed by atoms with Gasteiger partial charge in [0.1, 0.15) is 0 Å². The molecule has 0 bridgehead atoms. The summed E-state index contributed by atoms with van der Waals surface area (Å²) in [6, 6.07) is 2.63. The zero-order chi connectivity index (χ0) is 27.8. The van der Waals surface area contributed by atoms with Crippen LogP contribution in [0, 0.1) is 19.8 Å². The number of morpholine rings is 1. The Balaban J connectivity index is 1.45. The van der Waals surface area contributed by atoms with E-state index in [1.807, 2.05) is 19.9 Å². The van der Waals surface area contributed by atoms with Gasteiger partial charge in [0.05, 0.1) is 25.6 Å². The third kappa shape index (κ3) is 5.58. The number of nitrogens with zero attached hydrogens (tertiary/aromatic N) is 3. The lowest BCUT2D eigenvalue weighted by atomic mass is 9.80. The van der Waals surface area contributed by atoms with Gasteiger partial charge >= 0.3 is 0 Å². The zero-order valence-electron chi connectivity index (χ0n) is 24.0. The van der Waals surface area contributed by atoms with E-state index in [2.05, 4.69) is 53.0 Å². The fraction of sp³-hybridized carbons (Fsp3) is 0.600. The van der Waals surface area contributed by atoms with Crippen LogP contribution in [0.1, 0.15) is 56.9 Å². The van der Waals surface area contributed by atoms with Crippen LogP contribution in [0.15, 0.2) is 45.6 Å². The smallest absolute Gasteiger partial charge is 0.268 e. The van der Waals surface area contributed by atoms with Gasteiger partial charge in [-0.1, -0.05) is 6.92 Å². The number of hydrogen-bond donors (Lipinski definition) is 3. The third-order valence-corrected chi connectivity index (χ3v) is 8.74. The topological polar surface area (TPSA) is 107 Å². The highest BCUT2D eigenvalue weighted by Crippen LogP contribution is 2.42. The van der Waals surface area contributed by atoms with Gasteiger partial charge in [0.2, 0.25) is 0 Å². The summed E-state index contributed by atoms with van der Waals surface area (Å²) in [5.74, 6) is 7.65. The van der Waals surface area contributed by atoms with Crippen molar-refractivity contribution < 1.29 is 9.53 Å². The molecule has 39 heavy (non-hydrogen) atoms. The Kier molecular flexibility index (Phi) is 8.03. The highest BCUT2D eigenvalue weighted by Gasteiger charge is 2.42. The lowest BCUT2D eigenvalue weighted by molar-refractivity contribution is -0.127. The molecule has 0 aromatic carbocycles. The number of pyridine rings is 1. The van der Waals surface area contributed by atoms with E-state index in [-0.39, 0.29) is 36.0 Å². The first-order valence-electron chi connectivity index (χ1n) is 14.4. The molecule has 2 saturated heterocycles. The molecule has 1 amide bonds. The Labute approximate surface area is 231 Å². The Morgan fingerprint density at radius 1 is 1.26 bits per heavy atom. The molecule has 5 rings (SSSR count). The number of likely N-dealkylation sites (tertiary alicyclic amines) is 1. The SMILES string of the molecule is Cc1cc(C)c(CN(N)C(=O)C2=C3C(C)CN(C(C)C)C3CC(C3CCC=C(N4CCOCC4)N3)=C2)c(=O)[nH]1. The minimum atomic E-state index is -0.219. The molecule has 0 saturated carbocycles. The molecule has 4 N–H and O–H groups in total. The average molecular weight is 537 g/mol. The number of nitrogens with two attached hydrogens (primary N) is 1. The molecule has 2 fully saturated rings. The number of amides is 1. The van der Waals surface area contributed by atoms with Crippen molar-refractivity contribution in [2.24, 2.45) is 11.8 Å². The molecule has 9 nitrogen and oxygen atoms in total. The van der Waals surface area contributed by atoms with E-state index < -0.39 is 0 Å². The van der Waals surface area contributed by atoms with E-state index in [0.717, 1.165) is 63.4 Å². The Morgan fingerprint density at radius 3 is 2.69 bits per heavy atom. The molecule has 0 radical (unpaired) electrons. The molecule has 212 valence electrons. The van der Waals surface area contributed by atoms with Crippen molar-refractivity contribution in [3.05, 3.63) is 67.9 Å². The van der Waals surface area contributed by atoms with Crippen molar-refractivity contribution in [2.45, 2.75) is 78.6 Å². The minimum Gasteiger partial charge on any atom is -0.378 e. The average Bonchev–Trinajstić information content (AvgIpc) is 3.27. The van der Waals surface area contributed by atoms with Crippen LogP contribution in [-0.4, -0.2) is 76.7 Å². The number of allylic oxidation sites excluding steroid dienone is 1. The third-order valence-electron chi connectivity index (χ3n) is 8.74. The minimum absolute atomic E-state index is 0.0682. The van der Waals surface area contributed by atoms with Crippen LogP contribution >= 0.6 is 0 Å². The Morgan fingerprint density at radius 2 is 2.00 bits per heavy atom. The van der Waals surface area contributed by atoms with E-state index >= 15 is 0 Å². The number of carbonyl (C=O) groups excluding carboxylic acids is 1. The molecule has 1 aromatic heterocycles. The molecule has 1 aromatic rings. The number of hydrazine groups is 1. The highest BCUT2D eigenvalue weighted by molar-refractivity contribution is 5.97. The predicted octanol–water partition coefficient (Wildman–Crippen LogP) is 2.48. The van der Waals surface area contributed by atoms with E-state index in [1.165, 1.54) is 22.0 Å². The van der Waals surface area contributed by atoms with Crippen molar-refractivity contribution in [3.8, 4) is 0 Å². The molecule has 9 heteroatoms. The second-order valence-corrected chi connectivity index (χ2v) is 11.8. The summed E-state index contributed by atoms with van der Waals surface area (Å²) in [6.07, 6.45) is 7.30. The maximum atomic E-state index is 14.0. The predicted molar refractivity (Wildman–Crippen MR) is 152 cm³/mol. The number of nitrogens with one attached hydrogen (secondary N) is 2. The second kappa shape index (κ2) is 11.3. The summed E-state index contributed by atoms with van der Waals surface area (Å²) < 4.78 is 5.56. The maximum absolute atomic E-state index is 14.0. The van der Waals surface area contributed by atoms with Gasteiger partial charge in [0, 0.05) is 54.6 Å². The number of aryl methyl sites for hydroxylation is 2. The van der Waals surface area contributed by atoms with Crippen LogP contribution in [-0.2, 0) is 16.1 Å². The van der Waals surface area contributed by atoms with E-state index in [4.69, 9.17) is 10.6 Å². The van der Waals surface area contributed by atoms with E-state index in [1.54, 1.807) is 0 Å². The van der Waals surface area contributed by atoms with Crippen LogP contribution in [0.2, 0.25) is 0 Å². The first-order chi connectivity index (χ1) is 18.6. The number of H-pyrrole nitrogens is 1. The molecule has 3 unspecified atom stereocenters. The number of rotatable bonds is 6. The number of aromatic amines is 1. The number of carbonyl (C=O) groups is 1. The van der Waals surface area contributed by atoms with Gasteiger partial charge in [0.15, 0.2) is 0 Å². The summed E-state index contributed by atoms with van der Waals surface area (Å²) in [6.45, 7) is 14.7. The number of ether oxygens (including phenoxy) is 1. The van der Waals surface area contributed by atoms with Crippen LogP contribution in [0.25, 0.3) is 0 Å². The highest BCUT2D eigenvalue weighted by atomic mass is 16.5. The molecular weight excluding hydrogens is 492 g/mol. The Bertz CT molecular complexity index is 1260. The molecule has 1 aliphatic carbocycles. The molecule has 4 heterocycles. The van der Waals surface area contributed by atoms with Crippen molar-refractivity contribution in [3.63, 3.8) is 0 Å². The molecular formula is C30H44N6O3. The molecule has 3 aliphatic heterocycles. The van der Waals surface area contributed by atoms with Crippen LogP contribution in [0.5, 0.6) is 0 Å². The summed E-state index contributed by atoms with van der Waals surface area (Å²) in [4.78, 5) is 34.4. The van der Waals surface area contributed by atoms with Gasteiger partial charge in [-0.05, 0) is 87.8 Å². The second-order valence-electron chi connectivity index (χ2n) is 11.8. The van der Waals surface area contributed by atoms with Gasteiger partial charge in [-0.25, -0.2) is 5.84 Å². The van der Waals surface area contributed by atoms with Gasteiger partial charge in [-0.3, -0.25) is 19.5 Å². The summed E-state index contributed by atoms with van der Waals surface area (Å²) in [5, 5.41) is 5.02. The zero-order valence-corrected chi connectivity index (χ0v) is 24.0. The lowest BCUT2D eigenvalue weighted by Crippen LogP contribution is -2.47. The van der Waals surface area contributed by atoms with Gasteiger partial charge < -0.3 is 19.9 Å². The van der Waals surface area contributed by atoms with Gasteiger partial charge in [0.25, 0.3) is 11.5 Å². The molecule has 0 spiro atoms. The van der Waals surface area contributed by atoms with Gasteiger partial charge in [-0.2, -0.15) is 0 Å². The fourth-order valence-corrected chi connectivity index (χ4v) is 6.74. The fourth-order valence-electron chi connectivity index (χ4n) is 6.74. The summed E-state index contributed by atoms with van der Waals surface area (Å²) in [5.41, 5.74) is 5.10. The molecule has 3 atom stereocenters. The van der Waals surface area contributed by atoms with Crippen LogP contribution < -0.4 is 16.7 Å². The standard InChI is InChI=1S/C30H44N6O3/c1-18(2)35-16-20(4)28-23(30(38)36(31)17-24-19(3)13-21(5)32-29(24)37)14-22(15-26(28)35)25-7-6-8-27(33-25)34-9-11-39-12-10-34/h8,13-14,18,20,25-26,33H,6-7,9-12,15-17,31H2,1-5H3,(H,32,37). The van der Waals surface area contributed by atoms with Crippen LogP contribution in [0.4, 0.5) is 0 Å². The van der Waals surface area contributed by atoms with E-state index in [9.17, 15) is 9.59 Å². The maximum Gasteiger partial charge on any atom is 0.268 e. The van der Waals surface area contributed by atoms with E-state index in [0.29, 0.717) is 17.2 Å².